The zero-order chi connectivity index (χ0) is 6.73. The summed E-state index contributed by atoms with van der Waals surface area (Å²) >= 11 is 3.45. The normalized spacial score (nSPS) is 8.50. The van der Waals surface area contributed by atoms with Crippen molar-refractivity contribution in [3.05, 3.63) is 0 Å². The fourth-order valence-electron chi connectivity index (χ4n) is 0.0571. The van der Waals surface area contributed by atoms with Crippen LogP contribution in [0.2, 0.25) is 0 Å². The zero-order valence-electron chi connectivity index (χ0n) is 3.31. The third-order valence-corrected chi connectivity index (χ3v) is 0.565. The summed E-state index contributed by atoms with van der Waals surface area (Å²) < 4.78 is 43.4. The molecule has 0 spiro atoms. The maximum Gasteiger partial charge on any atom is 0.298 e. The first-order valence-corrected chi connectivity index (χ1v) is 1.74. The lowest BCUT2D eigenvalue weighted by Gasteiger charge is -2.01. The summed E-state index contributed by atoms with van der Waals surface area (Å²) in [5.74, 6) is 0. The number of halogens is 4. The van der Waals surface area contributed by atoms with Crippen molar-refractivity contribution in [1.82, 2.24) is 10.7 Å². The van der Waals surface area contributed by atoms with Crippen molar-refractivity contribution in [1.29, 1.82) is 0 Å². The van der Waals surface area contributed by atoms with Crippen molar-refractivity contribution in [2.75, 3.05) is 0 Å². The van der Waals surface area contributed by atoms with E-state index in [0.29, 0.717) is 0 Å². The standard InChI is InChI=1S/CF4N2S/c2-6(3)1(8)7(4)5. The molecule has 2 nitrogen and oxygen atoms in total. The highest BCUT2D eigenvalue weighted by molar-refractivity contribution is 7.80. The molecule has 0 amide bonds. The summed E-state index contributed by atoms with van der Waals surface area (Å²) in [6.45, 7) is 0. The van der Waals surface area contributed by atoms with Crippen molar-refractivity contribution in [2.24, 2.45) is 0 Å². The van der Waals surface area contributed by atoms with Gasteiger partial charge in [0.05, 0.1) is 0 Å². The van der Waals surface area contributed by atoms with Crippen molar-refractivity contribution in [3.63, 3.8) is 0 Å². The summed E-state index contributed by atoms with van der Waals surface area (Å²) in [5.41, 5.74) is 0. The molecule has 7 heteroatoms. The first-order chi connectivity index (χ1) is 3.55. The second kappa shape index (κ2) is 2.65. The van der Waals surface area contributed by atoms with Crippen LogP contribution in [0.5, 0.6) is 0 Å². The number of hydrogen-bond donors (Lipinski definition) is 0. The van der Waals surface area contributed by atoms with E-state index in [9.17, 15) is 17.9 Å². The molecule has 0 saturated heterocycles. The van der Waals surface area contributed by atoms with Gasteiger partial charge < -0.3 is 0 Å². The minimum absolute atomic E-state index is 1.81. The minimum atomic E-state index is -1.85. The van der Waals surface area contributed by atoms with E-state index in [4.69, 9.17) is 0 Å². The van der Waals surface area contributed by atoms with Crippen molar-refractivity contribution >= 4 is 17.3 Å². The Morgan fingerprint density at radius 3 is 1.25 bits per heavy atom. The minimum Gasteiger partial charge on any atom is -0.0640 e. The van der Waals surface area contributed by atoms with Crippen molar-refractivity contribution < 1.29 is 17.9 Å². The summed E-state index contributed by atoms with van der Waals surface area (Å²) in [7, 11) is 0. The molecule has 0 fully saturated rings. The molecule has 0 aliphatic rings. The van der Waals surface area contributed by atoms with Gasteiger partial charge in [0.1, 0.15) is 0 Å². The zero-order valence-corrected chi connectivity index (χ0v) is 4.13. The third kappa shape index (κ3) is 1.92. The Balaban J connectivity index is 3.65. The first-order valence-electron chi connectivity index (χ1n) is 1.33. The highest BCUT2D eigenvalue weighted by atomic mass is 32.1. The Hall–Kier alpha value is -0.590. The van der Waals surface area contributed by atoms with E-state index < -0.39 is 15.8 Å². The van der Waals surface area contributed by atoms with Gasteiger partial charge in [-0.05, 0) is 22.9 Å². The largest absolute Gasteiger partial charge is 0.298 e. The molecule has 8 heavy (non-hydrogen) atoms. The molecule has 0 unspecified atom stereocenters. The highest BCUT2D eigenvalue weighted by Crippen LogP contribution is 2.00. The third-order valence-electron chi connectivity index (χ3n) is 0.289. The molecule has 0 aromatic carbocycles. The molecular weight excluding hydrogens is 148 g/mol. The van der Waals surface area contributed by atoms with E-state index in [1.807, 2.05) is 0 Å². The SMILES string of the molecule is FN(F)C(=S)N(F)F. The molecule has 0 saturated carbocycles. The van der Waals surface area contributed by atoms with Crippen molar-refractivity contribution in [3.8, 4) is 0 Å². The van der Waals surface area contributed by atoms with E-state index >= 15 is 0 Å². The van der Waals surface area contributed by atoms with Gasteiger partial charge in [-0.25, -0.2) is 0 Å². The van der Waals surface area contributed by atoms with Crippen LogP contribution in [-0.4, -0.2) is 15.8 Å². The van der Waals surface area contributed by atoms with E-state index in [0.717, 1.165) is 0 Å². The van der Waals surface area contributed by atoms with Crippen LogP contribution in [0.1, 0.15) is 0 Å². The lowest BCUT2D eigenvalue weighted by Crippen LogP contribution is -2.21. The lowest BCUT2D eigenvalue weighted by molar-refractivity contribution is -0.146. The second-order valence-electron chi connectivity index (χ2n) is 0.748. The number of nitrogens with zero attached hydrogens (tertiary/aromatic N) is 2. The van der Waals surface area contributed by atoms with Crippen LogP contribution in [0.15, 0.2) is 0 Å². The monoisotopic (exact) mass is 148 g/mol. The Kier molecular flexibility index (Phi) is 2.46. The topological polar surface area (TPSA) is 6.48 Å². The van der Waals surface area contributed by atoms with Gasteiger partial charge in [-0.2, -0.15) is 0 Å². The summed E-state index contributed by atoms with van der Waals surface area (Å²) in [6, 6.07) is 0. The quantitative estimate of drug-likeness (QED) is 0.291. The predicted octanol–water partition coefficient (Wildman–Crippen LogP) is 1.41. The predicted molar refractivity (Wildman–Crippen MR) is 20.7 cm³/mol. The van der Waals surface area contributed by atoms with E-state index in [1.165, 1.54) is 0 Å². The molecule has 0 rings (SSSR count). The average Bonchev–Trinajstić information content (AvgIpc) is 1.64. The lowest BCUT2D eigenvalue weighted by atomic mass is 11.2. The molecule has 0 aromatic heterocycles. The Bertz CT molecular complexity index is 82.0. The van der Waals surface area contributed by atoms with Crippen LogP contribution in [0, 0.1) is 0 Å². The van der Waals surface area contributed by atoms with Crippen LogP contribution >= 0.6 is 12.2 Å². The molecule has 0 heterocycles. The van der Waals surface area contributed by atoms with Gasteiger partial charge >= 0.3 is 0 Å². The molecule has 0 aromatic rings. The van der Waals surface area contributed by atoms with Gasteiger partial charge in [0.25, 0.3) is 5.11 Å². The van der Waals surface area contributed by atoms with Crippen LogP contribution in [-0.2, 0) is 0 Å². The van der Waals surface area contributed by atoms with Crippen LogP contribution in [0.4, 0.5) is 17.9 Å². The molecule has 0 radical (unpaired) electrons. The summed E-state index contributed by atoms with van der Waals surface area (Å²) in [6.07, 6.45) is 0. The first kappa shape index (κ1) is 7.41. The summed E-state index contributed by atoms with van der Waals surface area (Å²) in [4.78, 5) is 0. The van der Waals surface area contributed by atoms with Crippen LogP contribution < -0.4 is 0 Å². The molecule has 0 aliphatic heterocycles. The maximum atomic E-state index is 10.8. The van der Waals surface area contributed by atoms with Gasteiger partial charge in [-0.1, -0.05) is 17.9 Å². The molecule has 0 bridgehead atoms. The molecule has 0 N–H and O–H groups in total. The van der Waals surface area contributed by atoms with Gasteiger partial charge in [0, 0.05) is 0 Å². The smallest absolute Gasteiger partial charge is 0.0640 e. The fraction of sp³-hybridized carbons (Fsp3) is 0. The van der Waals surface area contributed by atoms with Gasteiger partial charge in [-0.3, -0.25) is 0 Å². The van der Waals surface area contributed by atoms with Gasteiger partial charge in [-0.15, -0.1) is 0 Å². The van der Waals surface area contributed by atoms with E-state index in [1.54, 1.807) is 0 Å². The molecule has 0 aliphatic carbocycles. The second-order valence-corrected chi connectivity index (χ2v) is 1.11. The Labute approximate surface area is 47.0 Å². The summed E-state index contributed by atoms with van der Waals surface area (Å²) in [5, 5.41) is -5.52. The molecule has 0 atom stereocenters. The molecule has 48 valence electrons. The number of hydrogen-bond acceptors (Lipinski definition) is 1. The maximum absolute atomic E-state index is 10.8. The van der Waals surface area contributed by atoms with Crippen LogP contribution in [0.25, 0.3) is 0 Å². The fourth-order valence-corrected chi connectivity index (χ4v) is 0.0571. The number of thiocarbonyl (C=S) groups is 1. The van der Waals surface area contributed by atoms with E-state index in [-0.39, 0.29) is 0 Å². The van der Waals surface area contributed by atoms with Gasteiger partial charge in [0.15, 0.2) is 0 Å². The molecular formula is CF4N2S. The Morgan fingerprint density at radius 2 is 1.25 bits per heavy atom. The van der Waals surface area contributed by atoms with Gasteiger partial charge in [0.2, 0.25) is 0 Å². The van der Waals surface area contributed by atoms with Crippen LogP contribution in [0.3, 0.4) is 0 Å². The van der Waals surface area contributed by atoms with E-state index in [2.05, 4.69) is 12.2 Å². The average molecular weight is 148 g/mol. The highest BCUT2D eigenvalue weighted by Gasteiger charge is 2.14. The number of rotatable bonds is 0. The Morgan fingerprint density at radius 1 is 1.00 bits per heavy atom. The van der Waals surface area contributed by atoms with Crippen molar-refractivity contribution in [2.45, 2.75) is 0 Å².